The maximum Gasteiger partial charge on any atom is 0.141 e. The van der Waals surface area contributed by atoms with Crippen molar-refractivity contribution in [2.75, 3.05) is 13.1 Å². The zero-order valence-corrected chi connectivity index (χ0v) is 12.7. The molecule has 23 heavy (non-hydrogen) atoms. The summed E-state index contributed by atoms with van der Waals surface area (Å²) in [5.74, 6) is 0. The second-order valence-corrected chi connectivity index (χ2v) is 5.67. The molecular weight excluding hydrogens is 288 g/mol. The van der Waals surface area contributed by atoms with Gasteiger partial charge >= 0.3 is 0 Å². The summed E-state index contributed by atoms with van der Waals surface area (Å²) in [6, 6.07) is 14.2. The van der Waals surface area contributed by atoms with Crippen molar-refractivity contribution < 1.29 is 4.84 Å². The fraction of sp³-hybridized carbons (Fsp3) is 0.222. The number of pyridine rings is 1. The van der Waals surface area contributed by atoms with Crippen molar-refractivity contribution in [3.63, 3.8) is 0 Å². The second-order valence-electron chi connectivity index (χ2n) is 5.67. The van der Waals surface area contributed by atoms with E-state index in [0.29, 0.717) is 0 Å². The Hall–Kier alpha value is -2.66. The molecule has 2 N–H and O–H groups in total. The third kappa shape index (κ3) is 2.96. The number of benzene rings is 1. The minimum atomic E-state index is 0.139. The van der Waals surface area contributed by atoms with Crippen molar-refractivity contribution in [3.8, 4) is 0 Å². The molecule has 1 aliphatic heterocycles. The van der Waals surface area contributed by atoms with Gasteiger partial charge in [-0.15, -0.1) is 0 Å². The van der Waals surface area contributed by atoms with E-state index in [1.165, 1.54) is 0 Å². The van der Waals surface area contributed by atoms with Gasteiger partial charge in [-0.3, -0.25) is 4.98 Å². The van der Waals surface area contributed by atoms with Gasteiger partial charge < -0.3 is 15.1 Å². The number of nitrogens with one attached hydrogen (secondary N) is 2. The molecule has 0 bridgehead atoms. The highest BCUT2D eigenvalue weighted by atomic mass is 16.6. The molecule has 1 aromatic carbocycles. The standard InChI is InChI=1S/C18H18N4O/c1-2-4-13(5-3-1)18(22-23-15-7-9-19-11-15)16-10-14-6-8-20-12-17(14)21-16/h1-6,8,10,12,15,19,21H,7,9,11H2/b22-18+. The first-order chi connectivity index (χ1) is 11.4. The highest BCUT2D eigenvalue weighted by Gasteiger charge is 2.17. The van der Waals surface area contributed by atoms with E-state index >= 15 is 0 Å². The summed E-state index contributed by atoms with van der Waals surface area (Å²) >= 11 is 0. The van der Waals surface area contributed by atoms with Crippen molar-refractivity contribution in [3.05, 3.63) is 66.1 Å². The first kappa shape index (κ1) is 14.0. The fourth-order valence-corrected chi connectivity index (χ4v) is 2.80. The molecule has 5 nitrogen and oxygen atoms in total. The van der Waals surface area contributed by atoms with Crippen LogP contribution in [-0.4, -0.2) is 34.9 Å². The molecule has 3 aromatic rings. The predicted molar refractivity (Wildman–Crippen MR) is 90.5 cm³/mol. The van der Waals surface area contributed by atoms with Gasteiger partial charge in [0.1, 0.15) is 11.8 Å². The highest BCUT2D eigenvalue weighted by molar-refractivity contribution is 6.13. The van der Waals surface area contributed by atoms with Gasteiger partial charge in [-0.2, -0.15) is 0 Å². The molecule has 0 spiro atoms. The lowest BCUT2D eigenvalue weighted by molar-refractivity contribution is 0.0738. The van der Waals surface area contributed by atoms with Crippen LogP contribution in [-0.2, 0) is 4.84 Å². The van der Waals surface area contributed by atoms with Crippen molar-refractivity contribution in [1.82, 2.24) is 15.3 Å². The first-order valence-electron chi connectivity index (χ1n) is 7.83. The fourth-order valence-electron chi connectivity index (χ4n) is 2.80. The second kappa shape index (κ2) is 6.22. The van der Waals surface area contributed by atoms with Gasteiger partial charge in [-0.05, 0) is 18.7 Å². The molecule has 3 heterocycles. The third-order valence-corrected chi connectivity index (χ3v) is 4.03. The lowest BCUT2D eigenvalue weighted by Crippen LogP contribution is -2.16. The van der Waals surface area contributed by atoms with E-state index in [0.717, 1.165) is 47.4 Å². The summed E-state index contributed by atoms with van der Waals surface area (Å²) in [5, 5.41) is 8.87. The molecule has 1 unspecified atom stereocenters. The van der Waals surface area contributed by atoms with Crippen molar-refractivity contribution in [2.45, 2.75) is 12.5 Å². The molecule has 4 rings (SSSR count). The van der Waals surface area contributed by atoms with Gasteiger partial charge in [0, 0.05) is 30.1 Å². The Morgan fingerprint density at radius 2 is 2.13 bits per heavy atom. The molecule has 0 saturated carbocycles. The van der Waals surface area contributed by atoms with E-state index in [2.05, 4.69) is 26.5 Å². The Balaban J connectivity index is 1.73. The number of hydrogen-bond donors (Lipinski definition) is 2. The Morgan fingerprint density at radius 3 is 2.91 bits per heavy atom. The first-order valence-corrected chi connectivity index (χ1v) is 7.83. The number of hydrogen-bond acceptors (Lipinski definition) is 4. The van der Waals surface area contributed by atoms with Crippen LogP contribution in [0.3, 0.4) is 0 Å². The Morgan fingerprint density at radius 1 is 1.22 bits per heavy atom. The van der Waals surface area contributed by atoms with Crippen LogP contribution >= 0.6 is 0 Å². The molecular formula is C18H18N4O. The van der Waals surface area contributed by atoms with Gasteiger partial charge in [-0.1, -0.05) is 35.5 Å². The molecule has 1 saturated heterocycles. The average Bonchev–Trinajstić information content (AvgIpc) is 3.25. The highest BCUT2D eigenvalue weighted by Crippen LogP contribution is 2.18. The van der Waals surface area contributed by atoms with Gasteiger partial charge in [0.25, 0.3) is 0 Å². The minimum absolute atomic E-state index is 0.139. The summed E-state index contributed by atoms with van der Waals surface area (Å²) in [5.41, 5.74) is 3.77. The molecule has 116 valence electrons. The van der Waals surface area contributed by atoms with E-state index in [1.807, 2.05) is 42.6 Å². The summed E-state index contributed by atoms with van der Waals surface area (Å²) in [7, 11) is 0. The number of rotatable bonds is 4. The lowest BCUT2D eigenvalue weighted by atomic mass is 10.1. The van der Waals surface area contributed by atoms with Crippen molar-refractivity contribution in [2.24, 2.45) is 5.16 Å². The number of H-pyrrole nitrogens is 1. The smallest absolute Gasteiger partial charge is 0.141 e. The average molecular weight is 306 g/mol. The maximum atomic E-state index is 5.76. The predicted octanol–water partition coefficient (Wildman–Crippen LogP) is 2.69. The van der Waals surface area contributed by atoms with Gasteiger partial charge in [0.15, 0.2) is 0 Å². The number of nitrogens with zero attached hydrogens (tertiary/aromatic N) is 2. The molecule has 0 amide bonds. The Bertz CT molecular complexity index is 786. The SMILES string of the molecule is c1ccc(/C(=N\OC2CCNC2)c2cc3ccncc3[nH]2)cc1. The molecule has 1 atom stereocenters. The van der Waals surface area contributed by atoms with Gasteiger partial charge in [0.2, 0.25) is 0 Å². The molecule has 1 aliphatic rings. The maximum absolute atomic E-state index is 5.76. The Kier molecular flexibility index (Phi) is 3.78. The van der Waals surface area contributed by atoms with Crippen LogP contribution in [0.1, 0.15) is 17.7 Å². The normalized spacial score (nSPS) is 18.4. The third-order valence-electron chi connectivity index (χ3n) is 4.03. The summed E-state index contributed by atoms with van der Waals surface area (Å²) in [6.07, 6.45) is 4.74. The van der Waals surface area contributed by atoms with Crippen LogP contribution in [0, 0.1) is 0 Å². The largest absolute Gasteiger partial charge is 0.391 e. The quantitative estimate of drug-likeness (QED) is 0.575. The number of aromatic nitrogens is 2. The van der Waals surface area contributed by atoms with Crippen molar-refractivity contribution >= 4 is 16.6 Å². The summed E-state index contributed by atoms with van der Waals surface area (Å²) < 4.78 is 0. The molecule has 0 aliphatic carbocycles. The molecule has 1 fully saturated rings. The number of aromatic amines is 1. The zero-order valence-electron chi connectivity index (χ0n) is 12.7. The van der Waals surface area contributed by atoms with Crippen LogP contribution in [0.2, 0.25) is 0 Å². The minimum Gasteiger partial charge on any atom is -0.391 e. The monoisotopic (exact) mass is 306 g/mol. The number of fused-ring (bicyclic) bond motifs is 1. The molecule has 0 radical (unpaired) electrons. The summed E-state index contributed by atoms with van der Waals surface area (Å²) in [6.45, 7) is 1.83. The van der Waals surface area contributed by atoms with E-state index in [1.54, 1.807) is 6.20 Å². The number of oxime groups is 1. The van der Waals surface area contributed by atoms with Crippen LogP contribution in [0.15, 0.2) is 60.0 Å². The summed E-state index contributed by atoms with van der Waals surface area (Å²) in [4.78, 5) is 13.3. The van der Waals surface area contributed by atoms with Crippen LogP contribution in [0.25, 0.3) is 10.9 Å². The van der Waals surface area contributed by atoms with Gasteiger partial charge in [0.05, 0.1) is 17.4 Å². The Labute approximate surface area is 134 Å². The molecule has 5 heteroatoms. The van der Waals surface area contributed by atoms with E-state index in [-0.39, 0.29) is 6.10 Å². The van der Waals surface area contributed by atoms with Crippen LogP contribution in [0.4, 0.5) is 0 Å². The van der Waals surface area contributed by atoms with E-state index in [4.69, 9.17) is 4.84 Å². The van der Waals surface area contributed by atoms with Crippen LogP contribution in [0.5, 0.6) is 0 Å². The van der Waals surface area contributed by atoms with Crippen LogP contribution < -0.4 is 5.32 Å². The van der Waals surface area contributed by atoms with E-state index < -0.39 is 0 Å². The van der Waals surface area contributed by atoms with E-state index in [9.17, 15) is 0 Å². The van der Waals surface area contributed by atoms with Crippen molar-refractivity contribution in [1.29, 1.82) is 0 Å². The molecule has 2 aromatic heterocycles. The topological polar surface area (TPSA) is 62.3 Å². The van der Waals surface area contributed by atoms with Gasteiger partial charge in [-0.25, -0.2) is 0 Å². The zero-order chi connectivity index (χ0) is 15.5. The lowest BCUT2D eigenvalue weighted by Gasteiger charge is -2.09.